The summed E-state index contributed by atoms with van der Waals surface area (Å²) in [7, 11) is 1.82. The molecule has 0 amide bonds. The third-order valence-corrected chi connectivity index (χ3v) is 5.56. The number of nitrogens with zero attached hydrogens (tertiary/aromatic N) is 4. The normalized spacial score (nSPS) is 16.7. The van der Waals surface area contributed by atoms with Gasteiger partial charge in [-0.15, -0.1) is 0 Å². The molecule has 1 fully saturated rings. The molecule has 0 bridgehead atoms. The first-order chi connectivity index (χ1) is 14.7. The number of benzene rings is 2. The van der Waals surface area contributed by atoms with Gasteiger partial charge < -0.3 is 20.1 Å². The number of nitrogens with one attached hydrogen (secondary N) is 2. The largest absolute Gasteiger partial charge is 0.369 e. The first-order valence-corrected chi connectivity index (χ1v) is 10.5. The summed E-state index contributed by atoms with van der Waals surface area (Å²) in [6.07, 6.45) is 4.97. The van der Waals surface area contributed by atoms with Gasteiger partial charge in [0, 0.05) is 50.8 Å². The van der Waals surface area contributed by atoms with E-state index in [0.29, 0.717) is 12.6 Å². The van der Waals surface area contributed by atoms with Crippen molar-refractivity contribution >= 4 is 11.6 Å². The molecule has 156 valence electrons. The molecule has 0 spiro atoms. The lowest BCUT2D eigenvalue weighted by Gasteiger charge is -2.20. The van der Waals surface area contributed by atoms with Crippen LogP contribution in [0, 0.1) is 6.92 Å². The highest BCUT2D eigenvalue weighted by atomic mass is 15.2. The molecule has 1 aromatic heterocycles. The van der Waals surface area contributed by atoms with Gasteiger partial charge in [0.2, 0.25) is 0 Å². The van der Waals surface area contributed by atoms with E-state index < -0.39 is 0 Å². The van der Waals surface area contributed by atoms with Crippen molar-refractivity contribution in [3.05, 3.63) is 83.9 Å². The first kappa shape index (κ1) is 20.0. The lowest BCUT2D eigenvalue weighted by molar-refractivity contribution is 0.635. The Hall–Kier alpha value is -3.28. The van der Waals surface area contributed by atoms with Crippen LogP contribution < -0.4 is 15.5 Å². The highest BCUT2D eigenvalue weighted by Crippen LogP contribution is 2.20. The van der Waals surface area contributed by atoms with Crippen LogP contribution in [-0.2, 0) is 13.1 Å². The van der Waals surface area contributed by atoms with Gasteiger partial charge in [-0.3, -0.25) is 4.99 Å². The summed E-state index contributed by atoms with van der Waals surface area (Å²) in [4.78, 5) is 11.4. The van der Waals surface area contributed by atoms with Crippen LogP contribution >= 0.6 is 0 Å². The molecule has 2 N–H and O–H groups in total. The standard InChI is InChI=1S/C24H30N6/c1-19-8-10-22(11-9-19)29-14-12-21(18-29)28-24(25-2)27-16-23-26-13-15-30(23)17-20-6-4-3-5-7-20/h3-11,13,15,21H,12,14,16-18H2,1-2H3,(H2,25,27,28). The summed E-state index contributed by atoms with van der Waals surface area (Å²) >= 11 is 0. The van der Waals surface area contributed by atoms with E-state index in [1.54, 1.807) is 0 Å². The molecule has 2 heterocycles. The fraction of sp³-hybridized carbons (Fsp3) is 0.333. The van der Waals surface area contributed by atoms with Crippen molar-refractivity contribution in [2.75, 3.05) is 25.0 Å². The molecule has 0 aliphatic carbocycles. The molecule has 0 radical (unpaired) electrons. The zero-order valence-electron chi connectivity index (χ0n) is 17.8. The van der Waals surface area contributed by atoms with E-state index in [9.17, 15) is 0 Å². The number of hydrogen-bond donors (Lipinski definition) is 2. The number of rotatable bonds is 6. The summed E-state index contributed by atoms with van der Waals surface area (Å²) in [6, 6.07) is 19.6. The smallest absolute Gasteiger partial charge is 0.191 e. The Morgan fingerprint density at radius 1 is 1.13 bits per heavy atom. The lowest BCUT2D eigenvalue weighted by Crippen LogP contribution is -2.44. The van der Waals surface area contributed by atoms with Gasteiger partial charge in [0.25, 0.3) is 0 Å². The summed E-state index contributed by atoms with van der Waals surface area (Å²) in [6.45, 7) is 5.61. The highest BCUT2D eigenvalue weighted by Gasteiger charge is 2.23. The second-order valence-electron chi connectivity index (χ2n) is 7.79. The Labute approximate surface area is 178 Å². The molecular weight excluding hydrogens is 372 g/mol. The Kier molecular flexibility index (Phi) is 6.32. The van der Waals surface area contributed by atoms with Crippen LogP contribution in [0.2, 0.25) is 0 Å². The number of aryl methyl sites for hydroxylation is 1. The monoisotopic (exact) mass is 402 g/mol. The van der Waals surface area contributed by atoms with Gasteiger partial charge >= 0.3 is 0 Å². The predicted octanol–water partition coefficient (Wildman–Crippen LogP) is 3.18. The summed E-state index contributed by atoms with van der Waals surface area (Å²) in [5, 5.41) is 6.99. The second-order valence-corrected chi connectivity index (χ2v) is 7.79. The molecule has 6 nitrogen and oxygen atoms in total. The third kappa shape index (κ3) is 5.00. The maximum atomic E-state index is 4.52. The molecule has 4 rings (SSSR count). The Morgan fingerprint density at radius 2 is 1.93 bits per heavy atom. The minimum Gasteiger partial charge on any atom is -0.369 e. The fourth-order valence-electron chi connectivity index (χ4n) is 3.85. The predicted molar refractivity (Wildman–Crippen MR) is 123 cm³/mol. The first-order valence-electron chi connectivity index (χ1n) is 10.5. The number of aromatic nitrogens is 2. The van der Waals surface area contributed by atoms with Gasteiger partial charge in [-0.2, -0.15) is 0 Å². The van der Waals surface area contributed by atoms with Crippen molar-refractivity contribution in [2.45, 2.75) is 32.5 Å². The van der Waals surface area contributed by atoms with Gasteiger partial charge in [0.05, 0.1) is 6.54 Å². The van der Waals surface area contributed by atoms with Crippen molar-refractivity contribution in [3.8, 4) is 0 Å². The molecule has 1 aliphatic heterocycles. The van der Waals surface area contributed by atoms with Crippen molar-refractivity contribution in [1.82, 2.24) is 20.2 Å². The van der Waals surface area contributed by atoms with E-state index >= 15 is 0 Å². The SMILES string of the molecule is CN=C(NCc1nccn1Cc1ccccc1)NC1CCN(c2ccc(C)cc2)C1. The number of hydrogen-bond acceptors (Lipinski definition) is 3. The van der Waals surface area contributed by atoms with E-state index in [4.69, 9.17) is 0 Å². The third-order valence-electron chi connectivity index (χ3n) is 5.56. The molecule has 2 aromatic carbocycles. The number of imidazole rings is 1. The number of guanidine groups is 1. The molecule has 0 saturated carbocycles. The van der Waals surface area contributed by atoms with Crippen LogP contribution in [0.1, 0.15) is 23.4 Å². The second kappa shape index (κ2) is 9.48. The Balaban J connectivity index is 1.30. The van der Waals surface area contributed by atoms with Crippen molar-refractivity contribution in [3.63, 3.8) is 0 Å². The zero-order chi connectivity index (χ0) is 20.8. The van der Waals surface area contributed by atoms with E-state index in [-0.39, 0.29) is 0 Å². The summed E-state index contributed by atoms with van der Waals surface area (Å²) in [5.74, 6) is 1.81. The van der Waals surface area contributed by atoms with Crippen LogP contribution in [0.3, 0.4) is 0 Å². The van der Waals surface area contributed by atoms with Gasteiger partial charge in [0.15, 0.2) is 5.96 Å². The van der Waals surface area contributed by atoms with E-state index in [1.807, 2.05) is 25.5 Å². The topological polar surface area (TPSA) is 57.5 Å². The quantitative estimate of drug-likeness (QED) is 0.491. The summed E-state index contributed by atoms with van der Waals surface area (Å²) < 4.78 is 2.17. The Morgan fingerprint density at radius 3 is 2.70 bits per heavy atom. The van der Waals surface area contributed by atoms with E-state index in [1.165, 1.54) is 16.8 Å². The maximum absolute atomic E-state index is 4.52. The maximum Gasteiger partial charge on any atom is 0.191 e. The minimum absolute atomic E-state index is 0.376. The molecule has 1 saturated heterocycles. The van der Waals surface area contributed by atoms with Crippen LogP contribution in [0.25, 0.3) is 0 Å². The molecule has 3 aromatic rings. The molecule has 30 heavy (non-hydrogen) atoms. The average molecular weight is 403 g/mol. The Bertz CT molecular complexity index is 961. The van der Waals surface area contributed by atoms with Crippen LogP contribution in [-0.4, -0.2) is 41.7 Å². The van der Waals surface area contributed by atoms with Crippen LogP contribution in [0.5, 0.6) is 0 Å². The minimum atomic E-state index is 0.376. The van der Waals surface area contributed by atoms with Gasteiger partial charge in [-0.05, 0) is 31.0 Å². The van der Waals surface area contributed by atoms with Gasteiger partial charge in [-0.25, -0.2) is 4.98 Å². The molecule has 1 unspecified atom stereocenters. The van der Waals surface area contributed by atoms with Crippen molar-refractivity contribution < 1.29 is 0 Å². The van der Waals surface area contributed by atoms with Gasteiger partial charge in [-0.1, -0.05) is 48.0 Å². The molecular formula is C24H30N6. The lowest BCUT2D eigenvalue weighted by atomic mass is 10.2. The molecule has 1 atom stereocenters. The van der Waals surface area contributed by atoms with Crippen LogP contribution in [0.15, 0.2) is 72.0 Å². The van der Waals surface area contributed by atoms with E-state index in [0.717, 1.165) is 37.8 Å². The van der Waals surface area contributed by atoms with Gasteiger partial charge in [0.1, 0.15) is 5.82 Å². The molecule has 6 heteroatoms. The number of anilines is 1. The zero-order valence-corrected chi connectivity index (χ0v) is 17.8. The molecule has 1 aliphatic rings. The summed E-state index contributed by atoms with van der Waals surface area (Å²) in [5.41, 5.74) is 3.85. The van der Waals surface area contributed by atoms with Crippen molar-refractivity contribution in [2.24, 2.45) is 4.99 Å². The van der Waals surface area contributed by atoms with E-state index in [2.05, 4.69) is 85.5 Å². The highest BCUT2D eigenvalue weighted by molar-refractivity contribution is 5.80. The fourth-order valence-corrected chi connectivity index (χ4v) is 3.85. The average Bonchev–Trinajstić information content (AvgIpc) is 3.42. The number of aliphatic imine (C=N–C) groups is 1. The van der Waals surface area contributed by atoms with Crippen molar-refractivity contribution in [1.29, 1.82) is 0 Å². The van der Waals surface area contributed by atoms with Crippen LogP contribution in [0.4, 0.5) is 5.69 Å².